The summed E-state index contributed by atoms with van der Waals surface area (Å²) in [5, 5.41) is 16.1. The van der Waals surface area contributed by atoms with Crippen LogP contribution in [0.3, 0.4) is 0 Å². The normalized spacial score (nSPS) is 10.3. The van der Waals surface area contributed by atoms with Crippen LogP contribution in [0.2, 0.25) is 0 Å². The second kappa shape index (κ2) is 4.36. The van der Waals surface area contributed by atoms with Crippen LogP contribution in [0, 0.1) is 0 Å². The lowest BCUT2D eigenvalue weighted by atomic mass is 10.3. The average Bonchev–Trinajstić information content (AvgIpc) is 2.42. The van der Waals surface area contributed by atoms with Gasteiger partial charge in [0.2, 0.25) is 0 Å². The van der Waals surface area contributed by atoms with Crippen LogP contribution >= 0.6 is 15.9 Å². The van der Waals surface area contributed by atoms with Crippen molar-refractivity contribution in [2.75, 3.05) is 0 Å². The van der Waals surface area contributed by atoms with Gasteiger partial charge in [-0.25, -0.2) is 4.68 Å². The van der Waals surface area contributed by atoms with Gasteiger partial charge in [-0.15, -0.1) is 5.10 Å². The van der Waals surface area contributed by atoms with Crippen molar-refractivity contribution >= 4 is 21.9 Å². The minimum atomic E-state index is -0.825. The van der Waals surface area contributed by atoms with E-state index in [0.717, 1.165) is 12.1 Å². The highest BCUT2D eigenvalue weighted by Crippen LogP contribution is 2.13. The Kier molecular flexibility index (Phi) is 3.41. The molecule has 0 aromatic carbocycles. The van der Waals surface area contributed by atoms with E-state index in [-0.39, 0.29) is 6.42 Å². The Balaban J connectivity index is 2.70. The quantitative estimate of drug-likeness (QED) is 0.865. The van der Waals surface area contributed by atoms with Crippen LogP contribution < -0.4 is 0 Å². The summed E-state index contributed by atoms with van der Waals surface area (Å²) in [6.45, 7) is 2.35. The van der Waals surface area contributed by atoms with Crippen LogP contribution in [-0.2, 0) is 17.8 Å². The minimum absolute atomic E-state index is 0.0722. The molecule has 0 saturated heterocycles. The molecule has 0 atom stereocenters. The van der Waals surface area contributed by atoms with Gasteiger partial charge in [0.05, 0.1) is 18.7 Å². The minimum Gasteiger partial charge on any atom is -0.481 e. The molecule has 0 aliphatic carbocycles. The fourth-order valence-corrected chi connectivity index (χ4v) is 1.58. The lowest BCUT2D eigenvalue weighted by Crippen LogP contribution is -2.08. The number of nitrogens with zero attached hydrogens (tertiary/aromatic N) is 3. The second-order valence-electron chi connectivity index (χ2n) is 2.55. The van der Waals surface area contributed by atoms with Crippen molar-refractivity contribution in [3.05, 3.63) is 10.3 Å². The van der Waals surface area contributed by atoms with Crippen molar-refractivity contribution < 1.29 is 9.90 Å². The summed E-state index contributed by atoms with van der Waals surface area (Å²) < 4.78 is 2.30. The van der Waals surface area contributed by atoms with Crippen LogP contribution in [0.25, 0.3) is 0 Å². The van der Waals surface area contributed by atoms with Crippen LogP contribution in [0.4, 0.5) is 0 Å². The molecular weight excluding hydrogens is 238 g/mol. The predicted octanol–water partition coefficient (Wildman–Crippen LogP) is 1.08. The molecule has 1 N–H and O–H groups in total. The number of hydrogen-bond acceptors (Lipinski definition) is 3. The van der Waals surface area contributed by atoms with Crippen molar-refractivity contribution in [1.29, 1.82) is 0 Å². The molecular formula is C7H10BrN3O2. The highest BCUT2D eigenvalue weighted by Gasteiger charge is 2.08. The standard InChI is InChI=1S/C7H10BrN3O2/c1-2-5-7(8)9-10-11(5)4-3-6(12)13/h2-4H2,1H3,(H,12,13). The molecule has 1 rings (SSSR count). The zero-order valence-corrected chi connectivity index (χ0v) is 8.78. The van der Waals surface area contributed by atoms with E-state index >= 15 is 0 Å². The Labute approximate surface area is 83.9 Å². The van der Waals surface area contributed by atoms with Crippen molar-refractivity contribution in [3.8, 4) is 0 Å². The molecule has 0 aliphatic heterocycles. The van der Waals surface area contributed by atoms with Gasteiger partial charge in [-0.1, -0.05) is 12.1 Å². The van der Waals surface area contributed by atoms with Crippen LogP contribution in [0.5, 0.6) is 0 Å². The van der Waals surface area contributed by atoms with Gasteiger partial charge in [0.25, 0.3) is 0 Å². The molecule has 13 heavy (non-hydrogen) atoms. The molecule has 0 saturated carbocycles. The summed E-state index contributed by atoms with van der Waals surface area (Å²) in [5.41, 5.74) is 0.932. The third kappa shape index (κ3) is 2.51. The molecule has 0 amide bonds. The number of hydrogen-bond donors (Lipinski definition) is 1. The van der Waals surface area contributed by atoms with E-state index in [0.29, 0.717) is 11.1 Å². The highest BCUT2D eigenvalue weighted by atomic mass is 79.9. The number of carboxylic acids is 1. The number of aromatic nitrogens is 3. The Morgan fingerprint density at radius 2 is 2.38 bits per heavy atom. The third-order valence-corrected chi connectivity index (χ3v) is 2.28. The first kappa shape index (κ1) is 10.2. The fourth-order valence-electron chi connectivity index (χ4n) is 1.02. The third-order valence-electron chi connectivity index (χ3n) is 1.66. The van der Waals surface area contributed by atoms with Gasteiger partial charge in [-0.2, -0.15) is 0 Å². The summed E-state index contributed by atoms with van der Waals surface area (Å²) >= 11 is 3.24. The number of aryl methyl sites for hydroxylation is 1. The number of rotatable bonds is 4. The summed E-state index contributed by atoms with van der Waals surface area (Å²) in [5.74, 6) is -0.825. The van der Waals surface area contributed by atoms with E-state index in [4.69, 9.17) is 5.11 Å². The smallest absolute Gasteiger partial charge is 0.305 e. The van der Waals surface area contributed by atoms with Crippen molar-refractivity contribution in [2.45, 2.75) is 26.3 Å². The fraction of sp³-hybridized carbons (Fsp3) is 0.571. The molecule has 0 radical (unpaired) electrons. The van der Waals surface area contributed by atoms with Gasteiger partial charge in [-0.05, 0) is 22.4 Å². The largest absolute Gasteiger partial charge is 0.481 e. The average molecular weight is 248 g/mol. The number of halogens is 1. The Morgan fingerprint density at radius 1 is 1.69 bits per heavy atom. The monoisotopic (exact) mass is 247 g/mol. The van der Waals surface area contributed by atoms with E-state index in [1.807, 2.05) is 6.92 Å². The molecule has 0 aliphatic rings. The van der Waals surface area contributed by atoms with Crippen LogP contribution in [0.15, 0.2) is 4.60 Å². The summed E-state index contributed by atoms with van der Waals surface area (Å²) in [6, 6.07) is 0. The first-order valence-electron chi connectivity index (χ1n) is 3.94. The molecule has 72 valence electrons. The maximum Gasteiger partial charge on any atom is 0.305 e. The van der Waals surface area contributed by atoms with Gasteiger partial charge in [0.1, 0.15) is 0 Å². The van der Waals surface area contributed by atoms with Crippen LogP contribution in [0.1, 0.15) is 19.0 Å². The van der Waals surface area contributed by atoms with E-state index in [1.54, 1.807) is 4.68 Å². The van der Waals surface area contributed by atoms with E-state index in [1.165, 1.54) is 0 Å². The van der Waals surface area contributed by atoms with E-state index in [2.05, 4.69) is 26.2 Å². The molecule has 1 aromatic rings. The van der Waals surface area contributed by atoms with Gasteiger partial charge in [0, 0.05) is 0 Å². The van der Waals surface area contributed by atoms with Crippen molar-refractivity contribution in [1.82, 2.24) is 15.0 Å². The number of carbonyl (C=O) groups is 1. The molecule has 0 fully saturated rings. The van der Waals surface area contributed by atoms with Gasteiger partial charge >= 0.3 is 5.97 Å². The van der Waals surface area contributed by atoms with Gasteiger partial charge in [-0.3, -0.25) is 4.79 Å². The lowest BCUT2D eigenvalue weighted by Gasteiger charge is -2.01. The summed E-state index contributed by atoms with van der Waals surface area (Å²) in [6.07, 6.45) is 0.857. The second-order valence-corrected chi connectivity index (χ2v) is 3.30. The van der Waals surface area contributed by atoms with Gasteiger partial charge < -0.3 is 5.11 Å². The Morgan fingerprint density at radius 3 is 2.92 bits per heavy atom. The topological polar surface area (TPSA) is 68.0 Å². The van der Waals surface area contributed by atoms with Crippen molar-refractivity contribution in [2.24, 2.45) is 0 Å². The van der Waals surface area contributed by atoms with E-state index < -0.39 is 5.97 Å². The maximum absolute atomic E-state index is 10.3. The van der Waals surface area contributed by atoms with Crippen LogP contribution in [-0.4, -0.2) is 26.1 Å². The van der Waals surface area contributed by atoms with Gasteiger partial charge in [0.15, 0.2) is 4.60 Å². The molecule has 0 bridgehead atoms. The Bertz CT molecular complexity index is 311. The predicted molar refractivity (Wildman–Crippen MR) is 49.4 cm³/mol. The molecule has 0 spiro atoms. The summed E-state index contributed by atoms with van der Waals surface area (Å²) in [7, 11) is 0. The number of carboxylic acid groups (broad SMARTS) is 1. The molecule has 6 heteroatoms. The molecule has 5 nitrogen and oxygen atoms in total. The highest BCUT2D eigenvalue weighted by molar-refractivity contribution is 9.10. The molecule has 0 unspecified atom stereocenters. The van der Waals surface area contributed by atoms with Crippen molar-refractivity contribution in [3.63, 3.8) is 0 Å². The van der Waals surface area contributed by atoms with E-state index in [9.17, 15) is 4.79 Å². The zero-order valence-electron chi connectivity index (χ0n) is 7.20. The Hall–Kier alpha value is -0.910. The maximum atomic E-state index is 10.3. The SMILES string of the molecule is CCc1c(Br)nnn1CCC(=O)O. The molecule has 1 heterocycles. The lowest BCUT2D eigenvalue weighted by molar-refractivity contribution is -0.137. The summed E-state index contributed by atoms with van der Waals surface area (Å²) in [4.78, 5) is 10.3. The molecule has 1 aromatic heterocycles. The first-order valence-corrected chi connectivity index (χ1v) is 4.74. The number of aliphatic carboxylic acids is 1. The first-order chi connectivity index (χ1) is 6.15. The zero-order chi connectivity index (χ0) is 9.84.